The largest absolute Gasteiger partial charge is 0.293 e. The zero-order chi connectivity index (χ0) is 6.57. The molecule has 48 valence electrons. The van der Waals surface area contributed by atoms with Crippen molar-refractivity contribution in [3.8, 4) is 0 Å². The maximum Gasteiger partial charge on any atom is 0.293 e. The van der Waals surface area contributed by atoms with Crippen LogP contribution in [0, 0.1) is 0 Å². The second kappa shape index (κ2) is 3.74. The van der Waals surface area contributed by atoms with Crippen LogP contribution in [0.4, 0.5) is 4.79 Å². The molecule has 3 nitrogen and oxygen atoms in total. The van der Waals surface area contributed by atoms with Crippen molar-refractivity contribution in [1.82, 2.24) is 10.4 Å². The number of carbonyl (C=O) groups excluding carboxylic acids is 1. The van der Waals surface area contributed by atoms with Crippen molar-refractivity contribution < 1.29 is 4.79 Å². The number of thioether (sulfide) groups is 1. The molecule has 0 aliphatic carbocycles. The van der Waals surface area contributed by atoms with Crippen molar-refractivity contribution in [2.24, 2.45) is 0 Å². The molecule has 0 heterocycles. The van der Waals surface area contributed by atoms with Gasteiger partial charge in [-0.2, -0.15) is 0 Å². The Balaban J connectivity index is 3.25. The lowest BCUT2D eigenvalue weighted by Gasteiger charge is -2.08. The quantitative estimate of drug-likeness (QED) is 0.531. The molecule has 0 radical (unpaired) electrons. The van der Waals surface area contributed by atoms with Crippen LogP contribution in [-0.4, -0.2) is 30.6 Å². The molecule has 0 aromatic heterocycles. The van der Waals surface area contributed by atoms with Gasteiger partial charge in [0.15, 0.2) is 0 Å². The summed E-state index contributed by atoms with van der Waals surface area (Å²) in [6, 6.07) is 0. The van der Waals surface area contributed by atoms with Gasteiger partial charge in [-0.1, -0.05) is 11.8 Å². The Morgan fingerprint density at radius 2 is 2.12 bits per heavy atom. The van der Waals surface area contributed by atoms with E-state index < -0.39 is 0 Å². The zero-order valence-corrected chi connectivity index (χ0v) is 6.08. The highest BCUT2D eigenvalue weighted by Crippen LogP contribution is 1.91. The lowest BCUT2D eigenvalue weighted by atomic mass is 11.1. The van der Waals surface area contributed by atoms with Crippen molar-refractivity contribution >= 4 is 17.0 Å². The van der Waals surface area contributed by atoms with Gasteiger partial charge in [0.25, 0.3) is 5.24 Å². The SMILES string of the molecule is CSC(=O)NN(C)C. The van der Waals surface area contributed by atoms with Crippen molar-refractivity contribution in [3.63, 3.8) is 0 Å². The van der Waals surface area contributed by atoms with Crippen LogP contribution < -0.4 is 5.43 Å². The summed E-state index contributed by atoms with van der Waals surface area (Å²) >= 11 is 1.16. The van der Waals surface area contributed by atoms with Gasteiger partial charge in [-0.15, -0.1) is 0 Å². The van der Waals surface area contributed by atoms with Crippen LogP contribution in [0.3, 0.4) is 0 Å². The molecule has 0 rings (SSSR count). The molecule has 0 aromatic rings. The highest BCUT2D eigenvalue weighted by Gasteiger charge is 1.94. The van der Waals surface area contributed by atoms with Crippen LogP contribution in [0.15, 0.2) is 0 Å². The third-order valence-electron chi connectivity index (χ3n) is 0.500. The number of nitrogens with one attached hydrogen (secondary N) is 1. The summed E-state index contributed by atoms with van der Waals surface area (Å²) in [4.78, 5) is 10.4. The minimum atomic E-state index is -0.0324. The van der Waals surface area contributed by atoms with Crippen LogP contribution in [0.2, 0.25) is 0 Å². The fourth-order valence-electron chi connectivity index (χ4n) is 0.228. The van der Waals surface area contributed by atoms with Gasteiger partial charge in [0.05, 0.1) is 0 Å². The molecule has 0 aromatic carbocycles. The standard InChI is InChI=1S/C4H10N2OS/c1-6(2)5-4(7)8-3/h1-3H3,(H,5,7). The molecule has 0 unspecified atom stereocenters. The van der Waals surface area contributed by atoms with E-state index >= 15 is 0 Å². The Bertz CT molecular complexity index is 84.1. The first-order valence-electron chi connectivity index (χ1n) is 2.18. The van der Waals surface area contributed by atoms with Crippen LogP contribution in [0.25, 0.3) is 0 Å². The minimum absolute atomic E-state index is 0.0324. The number of hydrogen-bond acceptors (Lipinski definition) is 3. The first-order chi connectivity index (χ1) is 3.66. The first-order valence-corrected chi connectivity index (χ1v) is 3.41. The van der Waals surface area contributed by atoms with Gasteiger partial charge in [-0.25, -0.2) is 5.01 Å². The Morgan fingerprint density at radius 3 is 2.25 bits per heavy atom. The molecule has 4 heteroatoms. The Hall–Kier alpha value is -0.220. The fourth-order valence-corrected chi connectivity index (χ4v) is 0.502. The second-order valence-corrected chi connectivity index (χ2v) is 2.28. The Morgan fingerprint density at radius 1 is 1.62 bits per heavy atom. The first kappa shape index (κ1) is 7.78. The van der Waals surface area contributed by atoms with Crippen molar-refractivity contribution in [1.29, 1.82) is 0 Å². The van der Waals surface area contributed by atoms with Gasteiger partial charge in [0, 0.05) is 14.1 Å². The molecule has 0 spiro atoms. The molecule has 0 fully saturated rings. The van der Waals surface area contributed by atoms with E-state index in [-0.39, 0.29) is 5.24 Å². The normalized spacial score (nSPS) is 9.50. The van der Waals surface area contributed by atoms with E-state index in [9.17, 15) is 4.79 Å². The molecular formula is C4H10N2OS. The van der Waals surface area contributed by atoms with Gasteiger partial charge < -0.3 is 0 Å². The van der Waals surface area contributed by atoms with E-state index in [4.69, 9.17) is 0 Å². The fraction of sp³-hybridized carbons (Fsp3) is 0.750. The van der Waals surface area contributed by atoms with E-state index in [1.165, 1.54) is 0 Å². The highest BCUT2D eigenvalue weighted by atomic mass is 32.2. The predicted octanol–water partition coefficient (Wildman–Crippen LogP) is 0.536. The highest BCUT2D eigenvalue weighted by molar-refractivity contribution is 8.12. The monoisotopic (exact) mass is 134 g/mol. The van der Waals surface area contributed by atoms with Crippen molar-refractivity contribution in [2.75, 3.05) is 20.4 Å². The maximum atomic E-state index is 10.4. The number of hydrazine groups is 1. The molecule has 0 aliphatic heterocycles. The number of carbonyl (C=O) groups is 1. The van der Waals surface area contributed by atoms with Crippen LogP contribution in [0.1, 0.15) is 0 Å². The van der Waals surface area contributed by atoms with E-state index in [1.54, 1.807) is 25.4 Å². The Kier molecular flexibility index (Phi) is 3.64. The molecule has 0 saturated heterocycles. The second-order valence-electron chi connectivity index (χ2n) is 1.50. The maximum absolute atomic E-state index is 10.4. The summed E-state index contributed by atoms with van der Waals surface area (Å²) in [5.74, 6) is 0. The number of rotatable bonds is 1. The summed E-state index contributed by atoms with van der Waals surface area (Å²) in [6.45, 7) is 0. The molecule has 1 amide bonds. The van der Waals surface area contributed by atoms with Gasteiger partial charge in [-0.3, -0.25) is 10.2 Å². The van der Waals surface area contributed by atoms with E-state index in [0.717, 1.165) is 11.8 Å². The minimum Gasteiger partial charge on any atom is -0.280 e. The number of hydrogen-bond donors (Lipinski definition) is 1. The molecule has 1 N–H and O–H groups in total. The van der Waals surface area contributed by atoms with Crippen molar-refractivity contribution in [2.45, 2.75) is 0 Å². The van der Waals surface area contributed by atoms with E-state index in [0.29, 0.717) is 0 Å². The van der Waals surface area contributed by atoms with Gasteiger partial charge >= 0.3 is 0 Å². The summed E-state index contributed by atoms with van der Waals surface area (Å²) in [5.41, 5.74) is 2.55. The van der Waals surface area contributed by atoms with Crippen LogP contribution in [-0.2, 0) is 0 Å². The van der Waals surface area contributed by atoms with Crippen LogP contribution in [0.5, 0.6) is 0 Å². The Labute approximate surface area is 53.4 Å². The number of nitrogens with zero attached hydrogens (tertiary/aromatic N) is 1. The average molecular weight is 134 g/mol. The summed E-state index contributed by atoms with van der Waals surface area (Å²) < 4.78 is 0. The van der Waals surface area contributed by atoms with E-state index in [1.807, 2.05) is 0 Å². The lowest BCUT2D eigenvalue weighted by Crippen LogP contribution is -2.33. The molecule has 0 bridgehead atoms. The molecule has 0 atom stereocenters. The molecular weight excluding hydrogens is 124 g/mol. The molecule has 8 heavy (non-hydrogen) atoms. The topological polar surface area (TPSA) is 32.3 Å². The third kappa shape index (κ3) is 3.95. The van der Waals surface area contributed by atoms with Crippen molar-refractivity contribution in [3.05, 3.63) is 0 Å². The number of amides is 1. The average Bonchev–Trinajstić information content (AvgIpc) is 1.65. The summed E-state index contributed by atoms with van der Waals surface area (Å²) in [5, 5.41) is 1.58. The van der Waals surface area contributed by atoms with Crippen LogP contribution >= 0.6 is 11.8 Å². The summed E-state index contributed by atoms with van der Waals surface area (Å²) in [7, 11) is 3.54. The molecule has 0 saturated carbocycles. The van der Waals surface area contributed by atoms with Gasteiger partial charge in [0.2, 0.25) is 0 Å². The van der Waals surface area contributed by atoms with E-state index in [2.05, 4.69) is 5.43 Å². The lowest BCUT2D eigenvalue weighted by molar-refractivity contribution is 0.234. The van der Waals surface area contributed by atoms with Gasteiger partial charge in [-0.05, 0) is 6.26 Å². The summed E-state index contributed by atoms with van der Waals surface area (Å²) in [6.07, 6.45) is 1.73. The predicted molar refractivity (Wildman–Crippen MR) is 35.7 cm³/mol. The smallest absolute Gasteiger partial charge is 0.280 e. The van der Waals surface area contributed by atoms with Gasteiger partial charge in [0.1, 0.15) is 0 Å². The zero-order valence-electron chi connectivity index (χ0n) is 5.26. The molecule has 0 aliphatic rings. The third-order valence-corrected chi connectivity index (χ3v) is 0.962.